The van der Waals surface area contributed by atoms with Crippen LogP contribution in [0.25, 0.3) is 0 Å². The molecule has 0 radical (unpaired) electrons. The van der Waals surface area contributed by atoms with E-state index in [2.05, 4.69) is 10.6 Å². The van der Waals surface area contributed by atoms with Crippen LogP contribution in [-0.4, -0.2) is 25.0 Å². The van der Waals surface area contributed by atoms with Gasteiger partial charge in [-0.05, 0) is 26.3 Å². The number of carbonyl (C=O) groups is 1. The lowest BCUT2D eigenvalue weighted by Crippen LogP contribution is -2.40. The number of nitrogens with one attached hydrogen (secondary N) is 2. The lowest BCUT2D eigenvalue weighted by molar-refractivity contribution is -0.117. The minimum absolute atomic E-state index is 0.00167. The highest BCUT2D eigenvalue weighted by molar-refractivity contribution is 5.87. The highest BCUT2D eigenvalue weighted by Gasteiger charge is 2.12. The van der Waals surface area contributed by atoms with Crippen molar-refractivity contribution in [2.24, 2.45) is 0 Å². The molecule has 1 unspecified atom stereocenters. The van der Waals surface area contributed by atoms with Gasteiger partial charge >= 0.3 is 0 Å². The van der Waals surface area contributed by atoms with Gasteiger partial charge in [-0.25, -0.2) is 0 Å². The lowest BCUT2D eigenvalue weighted by Gasteiger charge is -2.14. The van der Waals surface area contributed by atoms with Crippen molar-refractivity contribution in [1.82, 2.24) is 10.6 Å². The first-order chi connectivity index (χ1) is 7.33. The summed E-state index contributed by atoms with van der Waals surface area (Å²) in [7, 11) is 0. The van der Waals surface area contributed by atoms with Gasteiger partial charge in [0.05, 0.1) is 0 Å². The highest BCUT2D eigenvalue weighted by Crippen LogP contribution is 2.03. The number of hydrogen-bond donors (Lipinski definition) is 2. The average molecular weight is 208 g/mol. The number of amides is 1. The van der Waals surface area contributed by atoms with Crippen LogP contribution in [0.1, 0.15) is 26.2 Å². The van der Waals surface area contributed by atoms with E-state index in [1.54, 1.807) is 12.2 Å². The molecular formula is C12H20N2O. The molecule has 1 aliphatic heterocycles. The molecule has 0 bridgehead atoms. The van der Waals surface area contributed by atoms with E-state index in [1.165, 1.54) is 12.8 Å². The molecule has 1 aliphatic rings. The Morgan fingerprint density at radius 2 is 2.27 bits per heavy atom. The number of rotatable bonds is 3. The van der Waals surface area contributed by atoms with Crippen LogP contribution in [0.15, 0.2) is 24.3 Å². The standard InChI is InChI=1S/C12H20N2O/c1-2-3-4-8-12(15)14-11-7-5-6-9-13-10-11/h2-4,8,11,13H,5-7,9-10H2,1H3,(H,14,15). The highest BCUT2D eigenvalue weighted by atomic mass is 16.1. The van der Waals surface area contributed by atoms with Crippen LogP contribution >= 0.6 is 0 Å². The van der Waals surface area contributed by atoms with Gasteiger partial charge in [0.1, 0.15) is 0 Å². The van der Waals surface area contributed by atoms with Crippen LogP contribution in [0.3, 0.4) is 0 Å². The smallest absolute Gasteiger partial charge is 0.244 e. The molecule has 1 amide bonds. The van der Waals surface area contributed by atoms with Crippen LogP contribution in [-0.2, 0) is 4.79 Å². The topological polar surface area (TPSA) is 41.1 Å². The largest absolute Gasteiger partial charge is 0.349 e. The summed E-state index contributed by atoms with van der Waals surface area (Å²) in [4.78, 5) is 11.4. The Labute approximate surface area is 91.6 Å². The average Bonchev–Trinajstić information content (AvgIpc) is 2.47. The Bertz CT molecular complexity index is 238. The van der Waals surface area contributed by atoms with Crippen molar-refractivity contribution < 1.29 is 4.79 Å². The first-order valence-corrected chi connectivity index (χ1v) is 5.63. The summed E-state index contributed by atoms with van der Waals surface area (Å²) in [6, 6.07) is 0.287. The molecule has 1 atom stereocenters. The Kier molecular flexibility index (Phi) is 5.78. The van der Waals surface area contributed by atoms with Crippen molar-refractivity contribution in [3.63, 3.8) is 0 Å². The summed E-state index contributed by atoms with van der Waals surface area (Å²) in [5, 5.41) is 6.31. The second-order valence-electron chi connectivity index (χ2n) is 3.79. The van der Waals surface area contributed by atoms with E-state index in [4.69, 9.17) is 0 Å². The summed E-state index contributed by atoms with van der Waals surface area (Å²) in [6.07, 6.45) is 10.6. The van der Waals surface area contributed by atoms with Crippen LogP contribution in [0.5, 0.6) is 0 Å². The van der Waals surface area contributed by atoms with Crippen molar-refractivity contribution in [2.45, 2.75) is 32.2 Å². The van der Waals surface area contributed by atoms with E-state index in [-0.39, 0.29) is 11.9 Å². The second-order valence-corrected chi connectivity index (χ2v) is 3.79. The van der Waals surface area contributed by atoms with E-state index in [9.17, 15) is 4.79 Å². The predicted molar refractivity (Wildman–Crippen MR) is 62.6 cm³/mol. The fourth-order valence-electron chi connectivity index (χ4n) is 1.65. The summed E-state index contributed by atoms with van der Waals surface area (Å²) in [5.74, 6) is 0.00167. The van der Waals surface area contributed by atoms with Gasteiger partial charge in [-0.1, -0.05) is 24.6 Å². The van der Waals surface area contributed by atoms with Gasteiger partial charge in [-0.3, -0.25) is 4.79 Å². The fraction of sp³-hybridized carbons (Fsp3) is 0.583. The van der Waals surface area contributed by atoms with E-state index < -0.39 is 0 Å². The Balaban J connectivity index is 2.29. The van der Waals surface area contributed by atoms with E-state index in [0.717, 1.165) is 19.5 Å². The molecule has 15 heavy (non-hydrogen) atoms. The van der Waals surface area contributed by atoms with Crippen molar-refractivity contribution in [3.8, 4) is 0 Å². The lowest BCUT2D eigenvalue weighted by atomic mass is 10.1. The molecule has 0 aromatic carbocycles. The van der Waals surface area contributed by atoms with Gasteiger partial charge in [0.25, 0.3) is 0 Å². The summed E-state index contributed by atoms with van der Waals surface area (Å²) < 4.78 is 0. The number of carbonyl (C=O) groups excluding carboxylic acids is 1. The normalized spacial score (nSPS) is 23.1. The molecule has 2 N–H and O–H groups in total. The molecule has 3 heteroatoms. The van der Waals surface area contributed by atoms with Crippen LogP contribution in [0, 0.1) is 0 Å². The van der Waals surface area contributed by atoms with Gasteiger partial charge in [-0.2, -0.15) is 0 Å². The molecular weight excluding hydrogens is 188 g/mol. The molecule has 3 nitrogen and oxygen atoms in total. The molecule has 0 aromatic rings. The van der Waals surface area contributed by atoms with Gasteiger partial charge in [0.15, 0.2) is 0 Å². The SMILES string of the molecule is CC=CC=CC(=O)NC1CCCCNC1. The Morgan fingerprint density at radius 1 is 1.40 bits per heavy atom. The maximum atomic E-state index is 11.4. The third-order valence-electron chi connectivity index (χ3n) is 2.44. The first-order valence-electron chi connectivity index (χ1n) is 5.63. The Morgan fingerprint density at radius 3 is 3.07 bits per heavy atom. The molecule has 84 valence electrons. The number of hydrogen-bond acceptors (Lipinski definition) is 2. The molecule has 1 saturated heterocycles. The maximum Gasteiger partial charge on any atom is 0.244 e. The zero-order valence-electron chi connectivity index (χ0n) is 9.33. The van der Waals surface area contributed by atoms with Crippen LogP contribution in [0.2, 0.25) is 0 Å². The molecule has 0 aliphatic carbocycles. The molecule has 0 aromatic heterocycles. The van der Waals surface area contributed by atoms with Gasteiger partial charge in [0, 0.05) is 18.7 Å². The monoisotopic (exact) mass is 208 g/mol. The van der Waals surface area contributed by atoms with E-state index in [1.807, 2.05) is 19.1 Å². The van der Waals surface area contributed by atoms with Crippen molar-refractivity contribution in [2.75, 3.05) is 13.1 Å². The Hall–Kier alpha value is -1.09. The molecule has 1 fully saturated rings. The van der Waals surface area contributed by atoms with Gasteiger partial charge in [-0.15, -0.1) is 0 Å². The number of allylic oxidation sites excluding steroid dienone is 3. The zero-order chi connectivity index (χ0) is 10.9. The second kappa shape index (κ2) is 7.23. The minimum atomic E-state index is 0.00167. The summed E-state index contributed by atoms with van der Waals surface area (Å²) in [5.41, 5.74) is 0. The molecule has 1 heterocycles. The van der Waals surface area contributed by atoms with Gasteiger partial charge in [0.2, 0.25) is 5.91 Å². The summed E-state index contributed by atoms with van der Waals surface area (Å²) >= 11 is 0. The molecule has 0 saturated carbocycles. The van der Waals surface area contributed by atoms with Crippen molar-refractivity contribution in [1.29, 1.82) is 0 Å². The van der Waals surface area contributed by atoms with E-state index >= 15 is 0 Å². The third-order valence-corrected chi connectivity index (χ3v) is 2.44. The molecule has 0 spiro atoms. The summed E-state index contributed by atoms with van der Waals surface area (Å²) in [6.45, 7) is 3.89. The zero-order valence-corrected chi connectivity index (χ0v) is 9.33. The third kappa shape index (κ3) is 5.37. The van der Waals surface area contributed by atoms with Crippen molar-refractivity contribution in [3.05, 3.63) is 24.3 Å². The minimum Gasteiger partial charge on any atom is -0.349 e. The van der Waals surface area contributed by atoms with Crippen LogP contribution < -0.4 is 10.6 Å². The quantitative estimate of drug-likeness (QED) is 0.543. The van der Waals surface area contributed by atoms with E-state index in [0.29, 0.717) is 0 Å². The maximum absolute atomic E-state index is 11.4. The first kappa shape index (κ1) is 12.0. The molecule has 1 rings (SSSR count). The van der Waals surface area contributed by atoms with Gasteiger partial charge < -0.3 is 10.6 Å². The van der Waals surface area contributed by atoms with Crippen LogP contribution in [0.4, 0.5) is 0 Å². The van der Waals surface area contributed by atoms with Crippen molar-refractivity contribution >= 4 is 5.91 Å². The predicted octanol–water partition coefficient (Wildman–Crippen LogP) is 1.38. The fourth-order valence-corrected chi connectivity index (χ4v) is 1.65.